The molecule has 1 fully saturated rings. The summed E-state index contributed by atoms with van der Waals surface area (Å²) in [4.78, 5) is 26.1. The maximum atomic E-state index is 13.4. The van der Waals surface area contributed by atoms with Crippen LogP contribution in [0.5, 0.6) is 0 Å². The molecule has 0 saturated carbocycles. The molecule has 2 N–H and O–H groups in total. The summed E-state index contributed by atoms with van der Waals surface area (Å²) in [6, 6.07) is 17.1. The normalized spacial score (nSPS) is 16.8. The van der Waals surface area contributed by atoms with Crippen molar-refractivity contribution in [3.8, 4) is 0 Å². The van der Waals surface area contributed by atoms with Crippen LogP contribution in [0.25, 0.3) is 0 Å². The number of hydrogen-bond donors (Lipinski definition) is 2. The number of anilines is 1. The van der Waals surface area contributed by atoms with E-state index in [4.69, 9.17) is 4.74 Å². The first-order chi connectivity index (χ1) is 13.6. The zero-order chi connectivity index (χ0) is 20.0. The summed E-state index contributed by atoms with van der Waals surface area (Å²) >= 11 is 0. The van der Waals surface area contributed by atoms with Gasteiger partial charge in [0.15, 0.2) is 0 Å². The van der Waals surface area contributed by atoms with Crippen LogP contribution in [0.1, 0.15) is 49.0 Å². The lowest BCUT2D eigenvalue weighted by atomic mass is 9.73. The SMILES string of the molecule is CC[C@H](C)NC(=O)c1ccccc1NC(=O)C1(c2ccccc2)CCOCC1. The fourth-order valence-electron chi connectivity index (χ4n) is 3.56. The zero-order valence-corrected chi connectivity index (χ0v) is 16.5. The number of para-hydroxylation sites is 1. The molecule has 5 heteroatoms. The zero-order valence-electron chi connectivity index (χ0n) is 16.5. The van der Waals surface area contributed by atoms with E-state index in [1.807, 2.05) is 56.3 Å². The third-order valence-electron chi connectivity index (χ3n) is 5.52. The second-order valence-electron chi connectivity index (χ2n) is 7.34. The maximum Gasteiger partial charge on any atom is 0.253 e. The van der Waals surface area contributed by atoms with E-state index < -0.39 is 5.41 Å². The van der Waals surface area contributed by atoms with Crippen molar-refractivity contribution < 1.29 is 14.3 Å². The van der Waals surface area contributed by atoms with Gasteiger partial charge >= 0.3 is 0 Å². The van der Waals surface area contributed by atoms with Crippen molar-refractivity contribution in [3.63, 3.8) is 0 Å². The second-order valence-corrected chi connectivity index (χ2v) is 7.34. The molecule has 2 aromatic carbocycles. The van der Waals surface area contributed by atoms with Gasteiger partial charge in [0.2, 0.25) is 5.91 Å². The molecule has 0 unspecified atom stereocenters. The predicted molar refractivity (Wildman–Crippen MR) is 110 cm³/mol. The minimum atomic E-state index is -0.653. The van der Waals surface area contributed by atoms with Crippen molar-refractivity contribution in [2.24, 2.45) is 0 Å². The molecule has 1 saturated heterocycles. The molecule has 1 atom stereocenters. The Bertz CT molecular complexity index is 814. The molecule has 148 valence electrons. The Hall–Kier alpha value is -2.66. The summed E-state index contributed by atoms with van der Waals surface area (Å²) in [6.07, 6.45) is 2.07. The number of hydrogen-bond acceptors (Lipinski definition) is 3. The van der Waals surface area contributed by atoms with Gasteiger partial charge in [0.1, 0.15) is 0 Å². The number of carbonyl (C=O) groups excluding carboxylic acids is 2. The monoisotopic (exact) mass is 380 g/mol. The minimum Gasteiger partial charge on any atom is -0.381 e. The van der Waals surface area contributed by atoms with E-state index in [1.54, 1.807) is 12.1 Å². The summed E-state index contributed by atoms with van der Waals surface area (Å²) in [5, 5.41) is 6.01. The van der Waals surface area contributed by atoms with Crippen LogP contribution in [-0.4, -0.2) is 31.1 Å². The lowest BCUT2D eigenvalue weighted by molar-refractivity contribution is -0.125. The van der Waals surface area contributed by atoms with Crippen molar-refractivity contribution in [1.29, 1.82) is 0 Å². The fourth-order valence-corrected chi connectivity index (χ4v) is 3.56. The highest BCUT2D eigenvalue weighted by Crippen LogP contribution is 2.36. The molecule has 0 aliphatic carbocycles. The lowest BCUT2D eigenvalue weighted by Gasteiger charge is -2.36. The summed E-state index contributed by atoms with van der Waals surface area (Å²) < 4.78 is 5.52. The highest BCUT2D eigenvalue weighted by Gasteiger charge is 2.41. The standard InChI is InChI=1S/C23H28N2O3/c1-3-17(2)24-21(26)19-11-7-8-12-20(19)25-22(27)23(13-15-28-16-14-23)18-9-5-4-6-10-18/h4-12,17H,3,13-16H2,1-2H3,(H,24,26)(H,25,27)/t17-/m0/s1. The van der Waals surface area contributed by atoms with Gasteiger partial charge in [-0.25, -0.2) is 0 Å². The maximum absolute atomic E-state index is 13.4. The molecule has 0 bridgehead atoms. The fraction of sp³-hybridized carbons (Fsp3) is 0.391. The van der Waals surface area contributed by atoms with E-state index in [1.165, 1.54) is 0 Å². The molecular formula is C23H28N2O3. The molecule has 2 aromatic rings. The Kier molecular flexibility index (Phi) is 6.47. The molecule has 28 heavy (non-hydrogen) atoms. The Labute approximate surface area is 166 Å². The molecular weight excluding hydrogens is 352 g/mol. The van der Waals surface area contributed by atoms with Crippen LogP contribution in [0.15, 0.2) is 54.6 Å². The highest BCUT2D eigenvalue weighted by atomic mass is 16.5. The van der Waals surface area contributed by atoms with Gasteiger partial charge in [-0.3, -0.25) is 9.59 Å². The van der Waals surface area contributed by atoms with E-state index >= 15 is 0 Å². The molecule has 2 amide bonds. The smallest absolute Gasteiger partial charge is 0.253 e. The van der Waals surface area contributed by atoms with Gasteiger partial charge in [0.05, 0.1) is 16.7 Å². The molecule has 0 radical (unpaired) electrons. The number of nitrogens with one attached hydrogen (secondary N) is 2. The first-order valence-corrected chi connectivity index (χ1v) is 9.91. The molecule has 3 rings (SSSR count). The lowest BCUT2D eigenvalue weighted by Crippen LogP contribution is -2.45. The van der Waals surface area contributed by atoms with Crippen molar-refractivity contribution in [1.82, 2.24) is 5.32 Å². The van der Waals surface area contributed by atoms with Crippen molar-refractivity contribution >= 4 is 17.5 Å². The van der Waals surface area contributed by atoms with Crippen molar-refractivity contribution in [3.05, 3.63) is 65.7 Å². The Morgan fingerprint density at radius 3 is 2.36 bits per heavy atom. The summed E-state index contributed by atoms with van der Waals surface area (Å²) in [5.74, 6) is -0.267. The van der Waals surface area contributed by atoms with Gasteiger partial charge in [0.25, 0.3) is 5.91 Å². The number of amides is 2. The highest BCUT2D eigenvalue weighted by molar-refractivity contribution is 6.06. The van der Waals surface area contributed by atoms with Gasteiger partial charge in [-0.15, -0.1) is 0 Å². The average Bonchev–Trinajstić information content (AvgIpc) is 2.75. The van der Waals surface area contributed by atoms with E-state index in [0.717, 1.165) is 12.0 Å². The largest absolute Gasteiger partial charge is 0.381 e. The molecule has 1 aliphatic rings. The number of benzene rings is 2. The van der Waals surface area contributed by atoms with E-state index in [2.05, 4.69) is 10.6 Å². The minimum absolute atomic E-state index is 0.0717. The topological polar surface area (TPSA) is 67.4 Å². The molecule has 5 nitrogen and oxygen atoms in total. The van der Waals surface area contributed by atoms with E-state index in [0.29, 0.717) is 37.3 Å². The Morgan fingerprint density at radius 1 is 1.04 bits per heavy atom. The molecule has 0 aromatic heterocycles. The summed E-state index contributed by atoms with van der Waals surface area (Å²) in [5.41, 5.74) is 1.35. The van der Waals surface area contributed by atoms with Gasteiger partial charge in [-0.2, -0.15) is 0 Å². The number of carbonyl (C=O) groups is 2. The van der Waals surface area contributed by atoms with Crippen LogP contribution in [0.4, 0.5) is 5.69 Å². The average molecular weight is 380 g/mol. The molecule has 0 spiro atoms. The van der Waals surface area contributed by atoms with E-state index in [-0.39, 0.29) is 17.9 Å². The third kappa shape index (κ3) is 4.25. The van der Waals surface area contributed by atoms with Gasteiger partial charge in [0, 0.05) is 19.3 Å². The van der Waals surface area contributed by atoms with Gasteiger partial charge < -0.3 is 15.4 Å². The van der Waals surface area contributed by atoms with Crippen LogP contribution in [0, 0.1) is 0 Å². The van der Waals surface area contributed by atoms with Crippen LogP contribution in [0.3, 0.4) is 0 Å². The quantitative estimate of drug-likeness (QED) is 0.799. The van der Waals surface area contributed by atoms with Crippen molar-refractivity contribution in [2.45, 2.75) is 44.6 Å². The first-order valence-electron chi connectivity index (χ1n) is 9.91. The van der Waals surface area contributed by atoms with Crippen LogP contribution < -0.4 is 10.6 Å². The number of ether oxygens (including phenoxy) is 1. The summed E-state index contributed by atoms with van der Waals surface area (Å²) in [6.45, 7) is 5.07. The van der Waals surface area contributed by atoms with Crippen LogP contribution in [0.2, 0.25) is 0 Å². The third-order valence-corrected chi connectivity index (χ3v) is 5.52. The number of rotatable bonds is 6. The van der Waals surface area contributed by atoms with Gasteiger partial charge in [-0.05, 0) is 43.9 Å². The summed E-state index contributed by atoms with van der Waals surface area (Å²) in [7, 11) is 0. The van der Waals surface area contributed by atoms with Crippen LogP contribution in [-0.2, 0) is 14.9 Å². The predicted octanol–water partition coefficient (Wildman–Crippen LogP) is 3.90. The Morgan fingerprint density at radius 2 is 1.68 bits per heavy atom. The second kappa shape index (κ2) is 9.02. The Balaban J connectivity index is 1.88. The molecule has 1 heterocycles. The van der Waals surface area contributed by atoms with E-state index in [9.17, 15) is 9.59 Å². The molecule has 1 aliphatic heterocycles. The van der Waals surface area contributed by atoms with Crippen LogP contribution >= 0.6 is 0 Å². The van der Waals surface area contributed by atoms with Crippen molar-refractivity contribution in [2.75, 3.05) is 18.5 Å². The first kappa shape index (κ1) is 20.1. The van der Waals surface area contributed by atoms with Gasteiger partial charge in [-0.1, -0.05) is 49.4 Å².